The van der Waals surface area contributed by atoms with Crippen LogP contribution in [0.2, 0.25) is 0 Å². The average Bonchev–Trinajstić information content (AvgIpc) is 3.52. The van der Waals surface area contributed by atoms with Gasteiger partial charge in [-0.1, -0.05) is 47.0 Å². The number of nitriles is 1. The Morgan fingerprint density at radius 1 is 0.775 bits per heavy atom. The molecule has 0 unspecified atom stereocenters. The second-order valence-electron chi connectivity index (χ2n) is 7.87. The van der Waals surface area contributed by atoms with E-state index >= 15 is 0 Å². The van der Waals surface area contributed by atoms with E-state index in [4.69, 9.17) is 25.5 Å². The van der Waals surface area contributed by atoms with Crippen LogP contribution in [0.25, 0.3) is 4.85 Å². The van der Waals surface area contributed by atoms with Crippen LogP contribution in [-0.2, 0) is 19.1 Å². The SMILES string of the molecule is [C-]#[N+]C(C(=O)OCC)=C1Sc2c(OC(=O)N(C)C)c3c(c(OC(=O)N(C)C)c2S1)SC(=C(C#N)C(=O)OCC)S3. The van der Waals surface area contributed by atoms with Gasteiger partial charge in [0.1, 0.15) is 6.07 Å². The first kappa shape index (κ1) is 31.1. The molecule has 12 nitrogen and oxygen atoms in total. The fraction of sp³-hybridized carbons (Fsp3) is 0.333. The van der Waals surface area contributed by atoms with Crippen molar-refractivity contribution >= 4 is 71.2 Å². The number of nitrogens with zero attached hydrogens (tertiary/aromatic N) is 4. The maximum Gasteiger partial charge on any atom is 0.414 e. The van der Waals surface area contributed by atoms with Crippen LogP contribution in [0.1, 0.15) is 13.8 Å². The van der Waals surface area contributed by atoms with Gasteiger partial charge < -0.3 is 28.7 Å². The van der Waals surface area contributed by atoms with Crippen molar-refractivity contribution in [2.75, 3.05) is 41.4 Å². The van der Waals surface area contributed by atoms with Gasteiger partial charge in [-0.2, -0.15) is 5.26 Å². The summed E-state index contributed by atoms with van der Waals surface area (Å²) in [6.45, 7) is 10.9. The Bertz CT molecular complexity index is 1290. The molecule has 3 rings (SSSR count). The van der Waals surface area contributed by atoms with Crippen LogP contribution >= 0.6 is 47.0 Å². The number of esters is 2. The lowest BCUT2D eigenvalue weighted by molar-refractivity contribution is -0.139. The second kappa shape index (κ2) is 13.3. The Morgan fingerprint density at radius 3 is 1.52 bits per heavy atom. The largest absolute Gasteiger partial charge is 0.471 e. The molecule has 0 saturated heterocycles. The van der Waals surface area contributed by atoms with Gasteiger partial charge in [-0.3, -0.25) is 4.79 Å². The third-order valence-corrected chi connectivity index (χ3v) is 9.86. The molecule has 0 spiro atoms. The predicted octanol–water partition coefficient (Wildman–Crippen LogP) is 5.15. The van der Waals surface area contributed by atoms with Crippen LogP contribution in [-0.4, -0.2) is 75.3 Å². The molecule has 2 aliphatic rings. The molecule has 210 valence electrons. The standard InChI is InChI=1S/C24H22N4O8S4/c1-8-33-19(29)11(10-25)21-37-15-13(35-23(31)27(4)5)17-18(14(16(15)38-21)36-24(32)28(6)7)40-22(39-17)12(26-3)20(30)34-9-2/h8-9H2,1-2,4-7H3. The van der Waals surface area contributed by atoms with Crippen LogP contribution in [0.15, 0.2) is 39.3 Å². The fourth-order valence-corrected chi connectivity index (χ4v) is 8.20. The van der Waals surface area contributed by atoms with Crippen molar-refractivity contribution in [1.29, 1.82) is 5.26 Å². The van der Waals surface area contributed by atoms with Gasteiger partial charge in [-0.05, 0) is 13.8 Å². The molecule has 0 saturated carbocycles. The molecule has 0 aliphatic carbocycles. The lowest BCUT2D eigenvalue weighted by atomic mass is 10.3. The first-order valence-electron chi connectivity index (χ1n) is 11.3. The molecule has 2 amide bonds. The van der Waals surface area contributed by atoms with E-state index in [9.17, 15) is 24.4 Å². The van der Waals surface area contributed by atoms with Gasteiger partial charge in [0, 0.05) is 28.2 Å². The Labute approximate surface area is 247 Å². The number of hydrogen-bond acceptors (Lipinski definition) is 13. The van der Waals surface area contributed by atoms with E-state index in [1.54, 1.807) is 13.8 Å². The van der Waals surface area contributed by atoms with Crippen molar-refractivity contribution in [2.45, 2.75) is 33.4 Å². The molecular formula is C24H22N4O8S4. The van der Waals surface area contributed by atoms with E-state index in [1.165, 1.54) is 38.0 Å². The van der Waals surface area contributed by atoms with Gasteiger partial charge in [-0.25, -0.2) is 19.2 Å². The van der Waals surface area contributed by atoms with Gasteiger partial charge in [0.25, 0.3) is 5.70 Å². The third kappa shape index (κ3) is 6.31. The summed E-state index contributed by atoms with van der Waals surface area (Å²) in [7, 11) is 5.96. The molecule has 40 heavy (non-hydrogen) atoms. The molecule has 1 aromatic rings. The van der Waals surface area contributed by atoms with Gasteiger partial charge in [-0.15, -0.1) is 0 Å². The van der Waals surface area contributed by atoms with Gasteiger partial charge in [0.2, 0.25) is 0 Å². The Balaban J connectivity index is 2.32. The van der Waals surface area contributed by atoms with E-state index in [0.29, 0.717) is 19.6 Å². The Hall–Kier alpha value is -3.44. The maximum atomic E-state index is 12.7. The highest BCUT2D eigenvalue weighted by Gasteiger charge is 2.41. The number of fused-ring (bicyclic) bond motifs is 2. The molecule has 2 aliphatic heterocycles. The number of ether oxygens (including phenoxy) is 4. The maximum absolute atomic E-state index is 12.7. The summed E-state index contributed by atoms with van der Waals surface area (Å²) in [5.41, 5.74) is -0.542. The highest BCUT2D eigenvalue weighted by Crippen LogP contribution is 2.68. The van der Waals surface area contributed by atoms with Gasteiger partial charge >= 0.3 is 24.1 Å². The highest BCUT2D eigenvalue weighted by molar-refractivity contribution is 8.26. The first-order valence-corrected chi connectivity index (χ1v) is 14.6. The fourth-order valence-electron chi connectivity index (χ4n) is 2.90. The normalized spacial score (nSPS) is 12.8. The first-order chi connectivity index (χ1) is 19.0. The Kier molecular flexibility index (Phi) is 10.3. The van der Waals surface area contributed by atoms with Crippen LogP contribution in [0.5, 0.6) is 11.5 Å². The highest BCUT2D eigenvalue weighted by atomic mass is 32.2. The van der Waals surface area contributed by atoms with E-state index < -0.39 is 24.1 Å². The van der Waals surface area contributed by atoms with Gasteiger partial charge in [0.05, 0.1) is 47.8 Å². The molecule has 0 fully saturated rings. The molecule has 0 N–H and O–H groups in total. The minimum Gasteiger partial charge on any atom is -0.471 e. The molecular weight excluding hydrogens is 601 g/mol. The molecule has 0 radical (unpaired) electrons. The van der Waals surface area contributed by atoms with Crippen LogP contribution < -0.4 is 9.47 Å². The number of benzene rings is 1. The summed E-state index contributed by atoms with van der Waals surface area (Å²) < 4.78 is 22.0. The zero-order chi connectivity index (χ0) is 29.7. The number of rotatable bonds is 6. The van der Waals surface area contributed by atoms with Crippen molar-refractivity contribution in [3.05, 3.63) is 31.2 Å². The van der Waals surface area contributed by atoms with Crippen molar-refractivity contribution in [3.8, 4) is 17.6 Å². The summed E-state index contributed by atoms with van der Waals surface area (Å²) in [6.07, 6.45) is -1.45. The van der Waals surface area contributed by atoms with Gasteiger partial charge in [0.15, 0.2) is 17.1 Å². The minimum atomic E-state index is -0.830. The third-order valence-electron chi connectivity index (χ3n) is 4.69. The topological polar surface area (TPSA) is 140 Å². The summed E-state index contributed by atoms with van der Waals surface area (Å²) in [4.78, 5) is 57.4. The van der Waals surface area contributed by atoms with Crippen LogP contribution in [0.3, 0.4) is 0 Å². The quantitative estimate of drug-likeness (QED) is 0.179. The predicted molar refractivity (Wildman–Crippen MR) is 149 cm³/mol. The molecule has 2 heterocycles. The number of amides is 2. The average molecular weight is 623 g/mol. The van der Waals surface area contributed by atoms with Crippen LogP contribution in [0, 0.1) is 17.9 Å². The van der Waals surface area contributed by atoms with Crippen molar-refractivity contribution < 1.29 is 38.1 Å². The minimum absolute atomic E-state index is 0.0531. The van der Waals surface area contributed by atoms with Crippen LogP contribution in [0.4, 0.5) is 9.59 Å². The lowest BCUT2D eigenvalue weighted by Gasteiger charge is -2.19. The Morgan fingerprint density at radius 2 is 1.18 bits per heavy atom. The van der Waals surface area contributed by atoms with E-state index in [0.717, 1.165) is 47.0 Å². The summed E-state index contributed by atoms with van der Waals surface area (Å²) in [5.74, 6) is -1.54. The lowest BCUT2D eigenvalue weighted by Crippen LogP contribution is -2.26. The second-order valence-corrected chi connectivity index (χ2v) is 12.5. The molecule has 0 atom stereocenters. The van der Waals surface area contributed by atoms with E-state index in [-0.39, 0.29) is 44.5 Å². The van der Waals surface area contributed by atoms with Crippen molar-refractivity contribution in [3.63, 3.8) is 0 Å². The number of carbonyl (C=O) groups excluding carboxylic acids is 4. The summed E-state index contributed by atoms with van der Waals surface area (Å²) in [5, 5.41) is 9.72. The number of carbonyl (C=O) groups is 4. The van der Waals surface area contributed by atoms with Crippen molar-refractivity contribution in [2.24, 2.45) is 0 Å². The monoisotopic (exact) mass is 622 g/mol. The summed E-state index contributed by atoms with van der Waals surface area (Å²) >= 11 is 3.92. The zero-order valence-corrected chi connectivity index (χ0v) is 25.4. The molecule has 0 bridgehead atoms. The number of hydrogen-bond donors (Lipinski definition) is 0. The molecule has 1 aromatic carbocycles. The smallest absolute Gasteiger partial charge is 0.414 e. The number of thioether (sulfide) groups is 4. The molecule has 16 heteroatoms. The summed E-state index contributed by atoms with van der Waals surface area (Å²) in [6, 6.07) is 1.86. The van der Waals surface area contributed by atoms with E-state index in [2.05, 4.69) is 4.85 Å². The zero-order valence-electron chi connectivity index (χ0n) is 22.1. The van der Waals surface area contributed by atoms with E-state index in [1.807, 2.05) is 6.07 Å². The molecule has 0 aromatic heterocycles. The van der Waals surface area contributed by atoms with Crippen molar-refractivity contribution in [1.82, 2.24) is 9.80 Å².